The van der Waals surface area contributed by atoms with E-state index in [0.717, 1.165) is 38.8 Å². The summed E-state index contributed by atoms with van der Waals surface area (Å²) in [7, 11) is 0. The van der Waals surface area contributed by atoms with Crippen molar-refractivity contribution in [1.29, 1.82) is 0 Å². The molecule has 104 valence electrons. The number of aromatic nitrogens is 1. The Bertz CT molecular complexity index is 360. The molecule has 1 heterocycles. The van der Waals surface area contributed by atoms with Gasteiger partial charge in [0.25, 0.3) is 0 Å². The highest BCUT2D eigenvalue weighted by Crippen LogP contribution is 2.28. The van der Waals surface area contributed by atoms with E-state index >= 15 is 0 Å². The van der Waals surface area contributed by atoms with Gasteiger partial charge in [0, 0.05) is 6.54 Å². The van der Waals surface area contributed by atoms with Gasteiger partial charge in [-0.05, 0) is 25.5 Å². The topological polar surface area (TPSA) is 50.9 Å². The van der Waals surface area contributed by atoms with Gasteiger partial charge in [0.15, 0.2) is 0 Å². The predicted molar refractivity (Wildman–Crippen MR) is 82.5 cm³/mol. The van der Waals surface area contributed by atoms with Crippen LogP contribution in [0.3, 0.4) is 0 Å². The quantitative estimate of drug-likeness (QED) is 0.575. The lowest BCUT2D eigenvalue weighted by molar-refractivity contribution is 0.661. The van der Waals surface area contributed by atoms with E-state index < -0.39 is 0 Å². The summed E-state index contributed by atoms with van der Waals surface area (Å²) in [5.41, 5.74) is 5.41. The molecular formula is C11H17Cl4N3. The lowest BCUT2D eigenvalue weighted by atomic mass is 10.2. The van der Waals surface area contributed by atoms with Gasteiger partial charge in [0.2, 0.25) is 0 Å². The largest absolute Gasteiger partial charge is 0.369 e. The SMILES string of the molecule is Cl.NCCCCCCNc1nc(Cl)c(Cl)cc1Cl. The molecule has 0 saturated heterocycles. The third-order valence-corrected chi connectivity index (χ3v) is 3.27. The van der Waals surface area contributed by atoms with E-state index in [-0.39, 0.29) is 17.6 Å². The van der Waals surface area contributed by atoms with Crippen LogP contribution in [-0.2, 0) is 0 Å². The van der Waals surface area contributed by atoms with E-state index in [1.807, 2.05) is 0 Å². The van der Waals surface area contributed by atoms with E-state index in [9.17, 15) is 0 Å². The first-order valence-corrected chi connectivity index (χ1v) is 6.74. The molecule has 1 aromatic heterocycles. The summed E-state index contributed by atoms with van der Waals surface area (Å²) in [4.78, 5) is 4.08. The van der Waals surface area contributed by atoms with Crippen molar-refractivity contribution in [2.24, 2.45) is 5.73 Å². The van der Waals surface area contributed by atoms with Crippen LogP contribution in [0.4, 0.5) is 5.82 Å². The molecule has 1 aromatic rings. The van der Waals surface area contributed by atoms with E-state index in [2.05, 4.69) is 10.3 Å². The third-order valence-electron chi connectivity index (χ3n) is 2.31. The summed E-state index contributed by atoms with van der Waals surface area (Å²) in [6.45, 7) is 1.57. The van der Waals surface area contributed by atoms with Gasteiger partial charge in [-0.3, -0.25) is 0 Å². The number of nitrogens with two attached hydrogens (primary N) is 1. The number of hydrogen-bond donors (Lipinski definition) is 2. The van der Waals surface area contributed by atoms with Crippen molar-refractivity contribution in [3.05, 3.63) is 21.3 Å². The van der Waals surface area contributed by atoms with Gasteiger partial charge in [-0.25, -0.2) is 4.98 Å². The van der Waals surface area contributed by atoms with Crippen LogP contribution in [0.25, 0.3) is 0 Å². The summed E-state index contributed by atoms with van der Waals surface area (Å²) >= 11 is 17.6. The Kier molecular flexibility index (Phi) is 9.97. The molecular weight excluding hydrogens is 316 g/mol. The van der Waals surface area contributed by atoms with Gasteiger partial charge in [-0.15, -0.1) is 12.4 Å². The Hall–Kier alpha value is 0.0700. The summed E-state index contributed by atoms with van der Waals surface area (Å²) in [6.07, 6.45) is 4.42. The van der Waals surface area contributed by atoms with E-state index in [0.29, 0.717) is 15.9 Å². The average molecular weight is 333 g/mol. The van der Waals surface area contributed by atoms with Gasteiger partial charge < -0.3 is 11.1 Å². The molecule has 3 nitrogen and oxygen atoms in total. The molecule has 18 heavy (non-hydrogen) atoms. The zero-order valence-electron chi connectivity index (χ0n) is 9.89. The van der Waals surface area contributed by atoms with Crippen LogP contribution in [0.2, 0.25) is 15.2 Å². The molecule has 0 fully saturated rings. The van der Waals surface area contributed by atoms with Crippen molar-refractivity contribution in [3.8, 4) is 0 Å². The predicted octanol–water partition coefficient (Wildman–Crippen LogP) is 4.39. The van der Waals surface area contributed by atoms with Crippen molar-refractivity contribution in [2.75, 3.05) is 18.4 Å². The number of nitrogens with zero attached hydrogens (tertiary/aromatic N) is 1. The van der Waals surface area contributed by atoms with Crippen molar-refractivity contribution in [1.82, 2.24) is 4.98 Å². The fraction of sp³-hybridized carbons (Fsp3) is 0.545. The Morgan fingerprint density at radius 2 is 1.72 bits per heavy atom. The second kappa shape index (κ2) is 9.93. The number of nitrogens with one attached hydrogen (secondary N) is 1. The molecule has 0 radical (unpaired) electrons. The molecule has 0 aromatic carbocycles. The molecule has 0 atom stereocenters. The zero-order chi connectivity index (χ0) is 12.7. The van der Waals surface area contributed by atoms with Crippen LogP contribution in [0.5, 0.6) is 0 Å². The van der Waals surface area contributed by atoms with Crippen molar-refractivity contribution in [2.45, 2.75) is 25.7 Å². The lowest BCUT2D eigenvalue weighted by Gasteiger charge is -2.08. The Morgan fingerprint density at radius 3 is 2.39 bits per heavy atom. The van der Waals surface area contributed by atoms with Gasteiger partial charge in [-0.2, -0.15) is 0 Å². The maximum absolute atomic E-state index is 5.98. The van der Waals surface area contributed by atoms with Gasteiger partial charge in [0.05, 0.1) is 10.0 Å². The Morgan fingerprint density at radius 1 is 1.06 bits per heavy atom. The summed E-state index contributed by atoms with van der Waals surface area (Å²) in [5.74, 6) is 0.583. The van der Waals surface area contributed by atoms with Crippen LogP contribution >= 0.6 is 47.2 Å². The highest BCUT2D eigenvalue weighted by Gasteiger charge is 2.06. The highest BCUT2D eigenvalue weighted by molar-refractivity contribution is 6.42. The minimum Gasteiger partial charge on any atom is -0.369 e. The van der Waals surface area contributed by atoms with E-state index in [4.69, 9.17) is 40.5 Å². The van der Waals surface area contributed by atoms with E-state index in [1.165, 1.54) is 0 Å². The average Bonchev–Trinajstić information content (AvgIpc) is 2.30. The number of anilines is 1. The van der Waals surface area contributed by atoms with Gasteiger partial charge >= 0.3 is 0 Å². The van der Waals surface area contributed by atoms with Crippen LogP contribution < -0.4 is 11.1 Å². The van der Waals surface area contributed by atoms with Crippen LogP contribution in [-0.4, -0.2) is 18.1 Å². The maximum Gasteiger partial charge on any atom is 0.150 e. The normalized spacial score (nSPS) is 10.0. The summed E-state index contributed by atoms with van der Waals surface area (Å²) in [5, 5.41) is 4.26. The molecule has 0 aliphatic heterocycles. The highest BCUT2D eigenvalue weighted by atomic mass is 35.5. The van der Waals surface area contributed by atoms with Crippen molar-refractivity contribution >= 4 is 53.0 Å². The Balaban J connectivity index is 0.00000289. The van der Waals surface area contributed by atoms with Crippen LogP contribution in [0, 0.1) is 0 Å². The molecule has 0 saturated carbocycles. The fourth-order valence-corrected chi connectivity index (χ4v) is 1.96. The molecule has 0 aliphatic rings. The van der Waals surface area contributed by atoms with Gasteiger partial charge in [-0.1, -0.05) is 47.6 Å². The second-order valence-corrected chi connectivity index (χ2v) is 4.89. The van der Waals surface area contributed by atoms with Gasteiger partial charge in [0.1, 0.15) is 11.0 Å². The fourth-order valence-electron chi connectivity index (χ4n) is 1.40. The molecule has 0 aliphatic carbocycles. The number of halogens is 4. The minimum absolute atomic E-state index is 0. The first-order chi connectivity index (χ1) is 8.15. The van der Waals surface area contributed by atoms with Crippen LogP contribution in [0.1, 0.15) is 25.7 Å². The molecule has 1 rings (SSSR count). The zero-order valence-corrected chi connectivity index (χ0v) is 13.0. The molecule has 7 heteroatoms. The number of rotatable bonds is 7. The maximum atomic E-state index is 5.98. The number of pyridine rings is 1. The Labute approximate surface area is 129 Å². The summed E-state index contributed by atoms with van der Waals surface area (Å²) in [6, 6.07) is 1.59. The van der Waals surface area contributed by atoms with Crippen molar-refractivity contribution < 1.29 is 0 Å². The standard InChI is InChI=1S/C11H16Cl3N3.ClH/c12-8-7-9(13)11(17-10(8)14)16-6-4-2-1-3-5-15;/h7H,1-6,15H2,(H,16,17);1H. The molecule has 0 amide bonds. The second-order valence-electron chi connectivity index (χ2n) is 3.72. The number of hydrogen-bond acceptors (Lipinski definition) is 3. The number of unbranched alkanes of at least 4 members (excludes halogenated alkanes) is 3. The third kappa shape index (κ3) is 6.30. The molecule has 3 N–H and O–H groups in total. The molecule has 0 spiro atoms. The lowest BCUT2D eigenvalue weighted by Crippen LogP contribution is -2.05. The van der Waals surface area contributed by atoms with Crippen molar-refractivity contribution in [3.63, 3.8) is 0 Å². The monoisotopic (exact) mass is 331 g/mol. The van der Waals surface area contributed by atoms with Crippen LogP contribution in [0.15, 0.2) is 6.07 Å². The first kappa shape index (κ1) is 18.1. The first-order valence-electron chi connectivity index (χ1n) is 5.60. The van der Waals surface area contributed by atoms with E-state index in [1.54, 1.807) is 6.07 Å². The summed E-state index contributed by atoms with van der Waals surface area (Å²) < 4.78 is 0. The molecule has 0 bridgehead atoms. The minimum atomic E-state index is 0. The molecule has 0 unspecified atom stereocenters. The smallest absolute Gasteiger partial charge is 0.150 e.